The Kier molecular flexibility index (Phi) is 5.51. The molecule has 0 radical (unpaired) electrons. The van der Waals surface area contributed by atoms with Crippen LogP contribution in [0.3, 0.4) is 0 Å². The van der Waals surface area contributed by atoms with Gasteiger partial charge in [0, 0.05) is 36.7 Å². The number of rotatable bonds is 5. The summed E-state index contributed by atoms with van der Waals surface area (Å²) < 4.78 is 1.88. The summed E-state index contributed by atoms with van der Waals surface area (Å²) in [6.45, 7) is 6.75. The van der Waals surface area contributed by atoms with Crippen molar-refractivity contribution in [3.63, 3.8) is 0 Å². The van der Waals surface area contributed by atoms with Crippen LogP contribution in [0.2, 0.25) is 0 Å². The molecule has 2 heterocycles. The summed E-state index contributed by atoms with van der Waals surface area (Å²) >= 11 is 0. The van der Waals surface area contributed by atoms with Crippen molar-refractivity contribution in [2.45, 2.75) is 33.2 Å². The van der Waals surface area contributed by atoms with Crippen LogP contribution in [0.1, 0.15) is 29.8 Å². The molecule has 6 nitrogen and oxygen atoms in total. The van der Waals surface area contributed by atoms with E-state index in [1.807, 2.05) is 48.9 Å². The Labute approximate surface area is 171 Å². The van der Waals surface area contributed by atoms with Crippen molar-refractivity contribution in [3.05, 3.63) is 71.5 Å². The second kappa shape index (κ2) is 8.39. The summed E-state index contributed by atoms with van der Waals surface area (Å²) in [6, 6.07) is 17.9. The Morgan fingerprint density at radius 3 is 2.45 bits per heavy atom. The molecule has 0 saturated carbocycles. The van der Waals surface area contributed by atoms with Gasteiger partial charge in [-0.25, -0.2) is 9.48 Å². The molecule has 1 fully saturated rings. The molecule has 3 aromatic rings. The molecule has 0 spiro atoms. The molecule has 29 heavy (non-hydrogen) atoms. The zero-order valence-corrected chi connectivity index (χ0v) is 17.0. The number of carbonyl (C=O) groups excluding carboxylic acids is 1. The van der Waals surface area contributed by atoms with Crippen molar-refractivity contribution in [3.8, 4) is 5.69 Å². The lowest BCUT2D eigenvalue weighted by Gasteiger charge is -2.17. The molecule has 1 saturated heterocycles. The maximum Gasteiger partial charge on any atom is 0.319 e. The quantitative estimate of drug-likeness (QED) is 0.679. The van der Waals surface area contributed by atoms with Crippen molar-refractivity contribution in [2.24, 2.45) is 0 Å². The topological polar surface area (TPSA) is 62.2 Å². The molecule has 1 aromatic heterocycles. The van der Waals surface area contributed by atoms with Crippen LogP contribution in [-0.2, 0) is 6.54 Å². The lowest BCUT2D eigenvalue weighted by molar-refractivity contribution is 0.251. The summed E-state index contributed by atoms with van der Waals surface area (Å²) in [6.07, 6.45) is 2.54. The molecular formula is C23H27N5O. The summed E-state index contributed by atoms with van der Waals surface area (Å²) in [4.78, 5) is 14.7. The van der Waals surface area contributed by atoms with Crippen molar-refractivity contribution in [1.82, 2.24) is 15.1 Å². The van der Waals surface area contributed by atoms with E-state index in [1.54, 1.807) is 0 Å². The molecule has 0 atom stereocenters. The highest BCUT2D eigenvalue weighted by Gasteiger charge is 2.12. The van der Waals surface area contributed by atoms with E-state index in [9.17, 15) is 4.79 Å². The Balaban J connectivity index is 1.34. The molecule has 2 aromatic carbocycles. The summed E-state index contributed by atoms with van der Waals surface area (Å²) in [5.74, 6) is 0. The zero-order valence-electron chi connectivity index (χ0n) is 17.0. The largest absolute Gasteiger partial charge is 0.372 e. The molecule has 0 aliphatic carbocycles. The Morgan fingerprint density at radius 2 is 1.76 bits per heavy atom. The van der Waals surface area contributed by atoms with E-state index in [0.717, 1.165) is 41.4 Å². The van der Waals surface area contributed by atoms with Crippen LogP contribution < -0.4 is 15.5 Å². The van der Waals surface area contributed by atoms with Gasteiger partial charge in [-0.15, -0.1) is 0 Å². The molecule has 150 valence electrons. The number of benzene rings is 2. The van der Waals surface area contributed by atoms with E-state index in [0.29, 0.717) is 6.54 Å². The van der Waals surface area contributed by atoms with Crippen LogP contribution in [0.5, 0.6) is 0 Å². The van der Waals surface area contributed by atoms with Gasteiger partial charge in [0.05, 0.1) is 11.4 Å². The Bertz CT molecular complexity index is 987. The van der Waals surface area contributed by atoms with E-state index in [4.69, 9.17) is 0 Å². The lowest BCUT2D eigenvalue weighted by atomic mass is 10.2. The van der Waals surface area contributed by atoms with Gasteiger partial charge in [0.25, 0.3) is 0 Å². The van der Waals surface area contributed by atoms with Crippen molar-refractivity contribution in [1.29, 1.82) is 0 Å². The molecule has 2 amide bonds. The minimum atomic E-state index is -0.223. The fraction of sp³-hybridized carbons (Fsp3) is 0.304. The number of anilines is 2. The summed E-state index contributed by atoms with van der Waals surface area (Å²) in [7, 11) is 0. The van der Waals surface area contributed by atoms with E-state index >= 15 is 0 Å². The molecule has 0 unspecified atom stereocenters. The summed E-state index contributed by atoms with van der Waals surface area (Å²) in [5.41, 5.74) is 6.02. The Morgan fingerprint density at radius 1 is 1.00 bits per heavy atom. The highest BCUT2D eigenvalue weighted by Crippen LogP contribution is 2.20. The molecule has 4 rings (SSSR count). The van der Waals surface area contributed by atoms with E-state index in [1.165, 1.54) is 18.5 Å². The molecule has 1 aliphatic heterocycles. The molecule has 2 N–H and O–H groups in total. The van der Waals surface area contributed by atoms with Gasteiger partial charge in [-0.1, -0.05) is 18.2 Å². The van der Waals surface area contributed by atoms with Gasteiger partial charge in [0.2, 0.25) is 0 Å². The first-order chi connectivity index (χ1) is 14.1. The van der Waals surface area contributed by atoms with E-state index in [2.05, 4.69) is 44.9 Å². The van der Waals surface area contributed by atoms with E-state index < -0.39 is 0 Å². The minimum Gasteiger partial charge on any atom is -0.372 e. The van der Waals surface area contributed by atoms with Crippen LogP contribution in [0, 0.1) is 13.8 Å². The van der Waals surface area contributed by atoms with Crippen LogP contribution in [0.25, 0.3) is 5.69 Å². The van der Waals surface area contributed by atoms with Crippen molar-refractivity contribution >= 4 is 17.4 Å². The van der Waals surface area contributed by atoms with Gasteiger partial charge >= 0.3 is 6.03 Å². The molecule has 6 heteroatoms. The smallest absolute Gasteiger partial charge is 0.319 e. The Hall–Kier alpha value is -3.28. The fourth-order valence-electron chi connectivity index (χ4n) is 3.76. The van der Waals surface area contributed by atoms with Crippen LogP contribution in [-0.4, -0.2) is 28.9 Å². The number of nitrogens with zero attached hydrogens (tertiary/aromatic N) is 3. The predicted octanol–water partition coefficient (Wildman–Crippen LogP) is 4.41. The van der Waals surface area contributed by atoms with Gasteiger partial charge in [0.1, 0.15) is 0 Å². The molecule has 1 aliphatic rings. The number of nitrogens with one attached hydrogen (secondary N) is 2. The van der Waals surface area contributed by atoms with Gasteiger partial charge in [-0.05, 0) is 68.7 Å². The minimum absolute atomic E-state index is 0.223. The predicted molar refractivity (Wildman–Crippen MR) is 117 cm³/mol. The first-order valence-corrected chi connectivity index (χ1v) is 10.1. The lowest BCUT2D eigenvalue weighted by Crippen LogP contribution is -2.28. The third kappa shape index (κ3) is 4.59. The van der Waals surface area contributed by atoms with Crippen molar-refractivity contribution in [2.75, 3.05) is 23.3 Å². The standard InChI is InChI=1S/C23H27N5O/c1-17-14-18(2)28(26-17)22-7-5-6-20(15-22)25-23(29)24-16-19-8-10-21(11-9-19)27-12-3-4-13-27/h5-11,14-15H,3-4,12-13,16H2,1-2H3,(H2,24,25,29). The molecule has 0 bridgehead atoms. The molecular weight excluding hydrogens is 362 g/mol. The monoisotopic (exact) mass is 389 g/mol. The maximum atomic E-state index is 12.3. The van der Waals surface area contributed by atoms with E-state index in [-0.39, 0.29) is 6.03 Å². The normalized spacial score (nSPS) is 13.5. The summed E-state index contributed by atoms with van der Waals surface area (Å²) in [5, 5.41) is 10.3. The third-order valence-corrected chi connectivity index (χ3v) is 5.22. The average Bonchev–Trinajstić information content (AvgIpc) is 3.37. The number of hydrogen-bond donors (Lipinski definition) is 2. The zero-order chi connectivity index (χ0) is 20.2. The van der Waals surface area contributed by atoms with Crippen LogP contribution in [0.15, 0.2) is 54.6 Å². The average molecular weight is 390 g/mol. The SMILES string of the molecule is Cc1cc(C)n(-c2cccc(NC(=O)NCc3ccc(N4CCCC4)cc3)c2)n1. The van der Waals surface area contributed by atoms with Gasteiger partial charge in [-0.2, -0.15) is 5.10 Å². The van der Waals surface area contributed by atoms with Gasteiger partial charge in [0.15, 0.2) is 0 Å². The number of aromatic nitrogens is 2. The fourth-order valence-corrected chi connectivity index (χ4v) is 3.76. The van der Waals surface area contributed by atoms with Gasteiger partial charge < -0.3 is 15.5 Å². The maximum absolute atomic E-state index is 12.3. The number of amides is 2. The van der Waals surface area contributed by atoms with Crippen LogP contribution >= 0.6 is 0 Å². The number of carbonyl (C=O) groups is 1. The third-order valence-electron chi connectivity index (χ3n) is 5.22. The van der Waals surface area contributed by atoms with Crippen LogP contribution in [0.4, 0.5) is 16.2 Å². The first-order valence-electron chi connectivity index (χ1n) is 10.1. The number of hydrogen-bond acceptors (Lipinski definition) is 3. The first kappa shape index (κ1) is 19.1. The second-order valence-electron chi connectivity index (χ2n) is 7.56. The number of urea groups is 1. The van der Waals surface area contributed by atoms with Crippen molar-refractivity contribution < 1.29 is 4.79 Å². The number of aryl methyl sites for hydroxylation is 2. The van der Waals surface area contributed by atoms with Gasteiger partial charge in [-0.3, -0.25) is 0 Å². The second-order valence-corrected chi connectivity index (χ2v) is 7.56. The highest BCUT2D eigenvalue weighted by atomic mass is 16.2. The highest BCUT2D eigenvalue weighted by molar-refractivity contribution is 5.89.